The van der Waals surface area contributed by atoms with E-state index >= 15 is 0 Å². The van der Waals surface area contributed by atoms with Crippen LogP contribution in [0.1, 0.15) is 5.56 Å². The molecule has 2 rings (SSSR count). The third-order valence-electron chi connectivity index (χ3n) is 2.25. The molecule has 0 spiro atoms. The molecule has 0 fully saturated rings. The van der Waals surface area contributed by atoms with Crippen LogP contribution in [0.4, 0.5) is 13.2 Å². The molecule has 1 aromatic heterocycles. The van der Waals surface area contributed by atoms with Crippen LogP contribution in [0.25, 0.3) is 0 Å². The zero-order valence-corrected chi connectivity index (χ0v) is 9.53. The van der Waals surface area contributed by atoms with E-state index in [9.17, 15) is 13.2 Å². The lowest BCUT2D eigenvalue weighted by molar-refractivity contribution is 0.414. The Morgan fingerprint density at radius 3 is 2.53 bits per heavy atom. The molecule has 2 aromatic rings. The Labute approximate surface area is 106 Å². The zero-order chi connectivity index (χ0) is 13.8. The number of halogens is 3. The van der Waals surface area contributed by atoms with Crippen LogP contribution in [-0.4, -0.2) is 4.98 Å². The molecule has 0 aliphatic heterocycles. The highest BCUT2D eigenvalue weighted by atomic mass is 19.2. The van der Waals surface area contributed by atoms with E-state index in [-0.39, 0.29) is 18.1 Å². The molecule has 0 saturated heterocycles. The van der Waals surface area contributed by atoms with Crippen molar-refractivity contribution in [3.05, 3.63) is 53.5 Å². The summed E-state index contributed by atoms with van der Waals surface area (Å²) in [5.41, 5.74) is 0.401. The summed E-state index contributed by atoms with van der Waals surface area (Å²) in [7, 11) is 0. The second-order valence-electron chi connectivity index (χ2n) is 3.64. The van der Waals surface area contributed by atoms with Gasteiger partial charge < -0.3 is 4.74 Å². The topological polar surface area (TPSA) is 45.9 Å². The standard InChI is InChI=1S/C13H7F3N2O/c14-10-2-1-9(6-11(10)15)19-13-12(16)5-8(3-4-17)7-18-13/h1-2,5-7H,3H2. The highest BCUT2D eigenvalue weighted by molar-refractivity contribution is 5.30. The van der Waals surface area contributed by atoms with Crippen LogP contribution in [0.2, 0.25) is 0 Å². The number of hydrogen-bond acceptors (Lipinski definition) is 3. The van der Waals surface area contributed by atoms with E-state index in [0.717, 1.165) is 24.3 Å². The normalized spacial score (nSPS) is 10.0. The Morgan fingerprint density at radius 1 is 1.11 bits per heavy atom. The molecule has 0 radical (unpaired) electrons. The Morgan fingerprint density at radius 2 is 1.89 bits per heavy atom. The third-order valence-corrected chi connectivity index (χ3v) is 2.25. The van der Waals surface area contributed by atoms with E-state index in [2.05, 4.69) is 4.98 Å². The average Bonchev–Trinajstić information content (AvgIpc) is 2.37. The van der Waals surface area contributed by atoms with Crippen molar-refractivity contribution < 1.29 is 17.9 Å². The van der Waals surface area contributed by atoms with Crippen LogP contribution in [0, 0.1) is 28.8 Å². The molecule has 0 amide bonds. The largest absolute Gasteiger partial charge is 0.436 e. The second kappa shape index (κ2) is 5.40. The van der Waals surface area contributed by atoms with Gasteiger partial charge in [0.2, 0.25) is 0 Å². The van der Waals surface area contributed by atoms with Crippen molar-refractivity contribution in [3.8, 4) is 17.7 Å². The number of ether oxygens (including phenoxy) is 1. The molecule has 3 nitrogen and oxygen atoms in total. The molecule has 0 saturated carbocycles. The van der Waals surface area contributed by atoms with Crippen LogP contribution in [0.15, 0.2) is 30.5 Å². The fraction of sp³-hybridized carbons (Fsp3) is 0.0769. The highest BCUT2D eigenvalue weighted by Crippen LogP contribution is 2.24. The van der Waals surface area contributed by atoms with Crippen molar-refractivity contribution >= 4 is 0 Å². The van der Waals surface area contributed by atoms with Gasteiger partial charge in [0.25, 0.3) is 5.88 Å². The summed E-state index contributed by atoms with van der Waals surface area (Å²) in [6.45, 7) is 0. The molecule has 1 heterocycles. The van der Waals surface area contributed by atoms with Crippen LogP contribution >= 0.6 is 0 Å². The van der Waals surface area contributed by atoms with Gasteiger partial charge in [-0.15, -0.1) is 0 Å². The van der Waals surface area contributed by atoms with Gasteiger partial charge in [0, 0.05) is 12.3 Å². The SMILES string of the molecule is N#CCc1cnc(Oc2ccc(F)c(F)c2)c(F)c1. The van der Waals surface area contributed by atoms with Crippen molar-refractivity contribution in [1.29, 1.82) is 5.26 Å². The number of benzene rings is 1. The maximum atomic E-state index is 13.6. The van der Waals surface area contributed by atoms with Gasteiger partial charge in [0.15, 0.2) is 17.5 Å². The van der Waals surface area contributed by atoms with Crippen molar-refractivity contribution in [2.45, 2.75) is 6.42 Å². The van der Waals surface area contributed by atoms with E-state index in [1.807, 2.05) is 6.07 Å². The first kappa shape index (κ1) is 12.9. The monoisotopic (exact) mass is 264 g/mol. The summed E-state index contributed by atoms with van der Waals surface area (Å²) in [6.07, 6.45) is 1.30. The fourth-order valence-electron chi connectivity index (χ4n) is 1.38. The Balaban J connectivity index is 2.23. The summed E-state index contributed by atoms with van der Waals surface area (Å²) in [5, 5.41) is 8.46. The number of pyridine rings is 1. The minimum absolute atomic E-state index is 0.0232. The molecular formula is C13H7F3N2O. The summed E-state index contributed by atoms with van der Waals surface area (Å²) >= 11 is 0. The third kappa shape index (κ3) is 3.01. The molecule has 96 valence electrons. The summed E-state index contributed by atoms with van der Waals surface area (Å²) in [5.74, 6) is -3.34. The van der Waals surface area contributed by atoms with Crippen molar-refractivity contribution in [1.82, 2.24) is 4.98 Å². The predicted molar refractivity (Wildman–Crippen MR) is 59.9 cm³/mol. The Kier molecular flexibility index (Phi) is 3.66. The van der Waals surface area contributed by atoms with Gasteiger partial charge >= 0.3 is 0 Å². The highest BCUT2D eigenvalue weighted by Gasteiger charge is 2.10. The lowest BCUT2D eigenvalue weighted by Gasteiger charge is -2.06. The Hall–Kier alpha value is -2.55. The fourth-order valence-corrected chi connectivity index (χ4v) is 1.38. The number of rotatable bonds is 3. The summed E-state index contributed by atoms with van der Waals surface area (Å²) in [6, 6.07) is 5.77. The molecule has 6 heteroatoms. The molecule has 0 unspecified atom stereocenters. The van der Waals surface area contributed by atoms with Gasteiger partial charge in [-0.25, -0.2) is 18.2 Å². The number of nitrogens with zero attached hydrogens (tertiary/aromatic N) is 2. The summed E-state index contributed by atoms with van der Waals surface area (Å²) in [4.78, 5) is 3.68. The van der Waals surface area contributed by atoms with Gasteiger partial charge in [-0.3, -0.25) is 0 Å². The minimum Gasteiger partial charge on any atom is -0.436 e. The molecule has 0 aliphatic rings. The van der Waals surface area contributed by atoms with Crippen LogP contribution in [0.3, 0.4) is 0 Å². The van der Waals surface area contributed by atoms with Gasteiger partial charge in [-0.05, 0) is 23.8 Å². The minimum atomic E-state index is -1.10. The molecule has 0 bridgehead atoms. The predicted octanol–water partition coefficient (Wildman–Crippen LogP) is 3.36. The van der Waals surface area contributed by atoms with E-state index in [4.69, 9.17) is 10.00 Å². The van der Waals surface area contributed by atoms with Crippen LogP contribution < -0.4 is 4.74 Å². The van der Waals surface area contributed by atoms with Gasteiger partial charge in [0.05, 0.1) is 12.5 Å². The van der Waals surface area contributed by atoms with Gasteiger partial charge in [-0.1, -0.05) is 0 Å². The van der Waals surface area contributed by atoms with Crippen molar-refractivity contribution in [2.75, 3.05) is 0 Å². The Bertz CT molecular complexity index is 653. The molecule has 0 atom stereocenters. The zero-order valence-electron chi connectivity index (χ0n) is 9.53. The molecule has 1 aromatic carbocycles. The molecule has 19 heavy (non-hydrogen) atoms. The first-order valence-electron chi connectivity index (χ1n) is 5.24. The van der Waals surface area contributed by atoms with Crippen LogP contribution in [-0.2, 0) is 6.42 Å². The maximum Gasteiger partial charge on any atom is 0.255 e. The smallest absolute Gasteiger partial charge is 0.255 e. The van der Waals surface area contributed by atoms with Gasteiger partial charge in [0.1, 0.15) is 5.75 Å². The first-order valence-corrected chi connectivity index (χ1v) is 5.24. The molecule has 0 N–H and O–H groups in total. The number of hydrogen-bond donors (Lipinski definition) is 0. The molecular weight excluding hydrogens is 257 g/mol. The quantitative estimate of drug-likeness (QED) is 0.853. The van der Waals surface area contributed by atoms with E-state index < -0.39 is 17.5 Å². The number of nitriles is 1. The van der Waals surface area contributed by atoms with Crippen molar-refractivity contribution in [3.63, 3.8) is 0 Å². The first-order chi connectivity index (χ1) is 9.10. The lowest BCUT2D eigenvalue weighted by Crippen LogP contribution is -1.95. The van der Waals surface area contributed by atoms with E-state index in [1.54, 1.807) is 0 Å². The lowest BCUT2D eigenvalue weighted by atomic mass is 10.2. The summed E-state index contributed by atoms with van der Waals surface area (Å²) < 4.78 is 44.2. The van der Waals surface area contributed by atoms with Gasteiger partial charge in [-0.2, -0.15) is 5.26 Å². The van der Waals surface area contributed by atoms with E-state index in [1.165, 1.54) is 6.20 Å². The average molecular weight is 264 g/mol. The van der Waals surface area contributed by atoms with E-state index in [0.29, 0.717) is 5.56 Å². The molecule has 0 aliphatic carbocycles. The maximum absolute atomic E-state index is 13.6. The number of aromatic nitrogens is 1. The van der Waals surface area contributed by atoms with Crippen molar-refractivity contribution in [2.24, 2.45) is 0 Å². The second-order valence-corrected chi connectivity index (χ2v) is 3.64. The van der Waals surface area contributed by atoms with Crippen LogP contribution in [0.5, 0.6) is 11.6 Å².